The Hall–Kier alpha value is -1.05. The molecule has 0 amide bonds. The topological polar surface area (TPSA) is 13.1 Å². The van der Waals surface area contributed by atoms with E-state index in [1.54, 1.807) is 11.8 Å². The average Bonchev–Trinajstić information content (AvgIpc) is 2.04. The van der Waals surface area contributed by atoms with Crippen LogP contribution in [0.15, 0.2) is 24.4 Å². The molecular weight excluding hydrogens is 126 g/mol. The van der Waals surface area contributed by atoms with E-state index in [-0.39, 0.29) is 0 Å². The Morgan fingerprint density at radius 3 is 2.80 bits per heavy atom. The SMILES string of the molecule is CCc1cccc[n+]1OC. The lowest BCUT2D eigenvalue weighted by atomic mass is 10.3. The Balaban J connectivity index is 2.96. The highest BCUT2D eigenvalue weighted by molar-refractivity contribution is 4.95. The predicted octanol–water partition coefficient (Wildman–Crippen LogP) is 0.595. The van der Waals surface area contributed by atoms with Gasteiger partial charge in [0.2, 0.25) is 11.9 Å². The van der Waals surface area contributed by atoms with Gasteiger partial charge in [0.15, 0.2) is 0 Å². The first-order chi connectivity index (χ1) is 4.88. The molecule has 0 aliphatic rings. The van der Waals surface area contributed by atoms with Crippen molar-refractivity contribution in [1.82, 2.24) is 0 Å². The molecule has 10 heavy (non-hydrogen) atoms. The molecule has 0 spiro atoms. The fourth-order valence-electron chi connectivity index (χ4n) is 0.915. The van der Waals surface area contributed by atoms with Crippen molar-refractivity contribution < 1.29 is 9.57 Å². The van der Waals surface area contributed by atoms with E-state index in [1.165, 1.54) is 5.69 Å². The summed E-state index contributed by atoms with van der Waals surface area (Å²) < 4.78 is 1.76. The van der Waals surface area contributed by atoms with Crippen molar-refractivity contribution in [2.45, 2.75) is 13.3 Å². The van der Waals surface area contributed by atoms with Gasteiger partial charge in [-0.25, -0.2) is 0 Å². The standard InChI is InChI=1S/C8H12NO/c1-3-8-6-4-5-7-9(8)10-2/h4-7H,3H2,1-2H3/q+1. The minimum absolute atomic E-state index is 0.995. The Morgan fingerprint density at radius 2 is 2.30 bits per heavy atom. The summed E-state index contributed by atoms with van der Waals surface area (Å²) in [6.07, 6.45) is 2.90. The second-order valence-corrected chi connectivity index (χ2v) is 2.05. The molecule has 1 heterocycles. The third kappa shape index (κ3) is 1.26. The number of hydrogen-bond donors (Lipinski definition) is 0. The summed E-state index contributed by atoms with van der Waals surface area (Å²) in [5.74, 6) is 0. The van der Waals surface area contributed by atoms with E-state index in [0.29, 0.717) is 0 Å². The molecule has 0 aliphatic heterocycles. The van der Waals surface area contributed by atoms with E-state index >= 15 is 0 Å². The first-order valence-electron chi connectivity index (χ1n) is 3.42. The van der Waals surface area contributed by atoms with Crippen molar-refractivity contribution in [2.75, 3.05) is 7.11 Å². The normalized spacial score (nSPS) is 9.40. The Kier molecular flexibility index (Phi) is 2.26. The quantitative estimate of drug-likeness (QED) is 0.545. The van der Waals surface area contributed by atoms with Crippen LogP contribution < -0.4 is 9.57 Å². The molecule has 54 valence electrons. The molecule has 2 nitrogen and oxygen atoms in total. The van der Waals surface area contributed by atoms with Crippen LogP contribution in [-0.4, -0.2) is 7.11 Å². The minimum atomic E-state index is 0.995. The summed E-state index contributed by atoms with van der Waals surface area (Å²) in [7, 11) is 1.67. The second kappa shape index (κ2) is 3.20. The van der Waals surface area contributed by atoms with Crippen molar-refractivity contribution in [2.24, 2.45) is 0 Å². The molecule has 0 saturated carbocycles. The number of rotatable bonds is 2. The molecule has 2 heteroatoms. The summed E-state index contributed by atoms with van der Waals surface area (Å²) >= 11 is 0. The fourth-order valence-corrected chi connectivity index (χ4v) is 0.915. The van der Waals surface area contributed by atoms with Crippen molar-refractivity contribution in [1.29, 1.82) is 0 Å². The maximum Gasteiger partial charge on any atom is 0.234 e. The van der Waals surface area contributed by atoms with Gasteiger partial charge in [-0.15, -0.1) is 0 Å². The lowest BCUT2D eigenvalue weighted by molar-refractivity contribution is -0.890. The van der Waals surface area contributed by atoms with Crippen molar-refractivity contribution in [3.63, 3.8) is 0 Å². The zero-order chi connectivity index (χ0) is 7.40. The summed E-state index contributed by atoms with van der Waals surface area (Å²) in [4.78, 5) is 5.05. The highest BCUT2D eigenvalue weighted by atomic mass is 16.6. The van der Waals surface area contributed by atoms with Gasteiger partial charge in [0.05, 0.1) is 0 Å². The molecular formula is C8H12NO+. The third-order valence-corrected chi connectivity index (χ3v) is 1.46. The highest BCUT2D eigenvalue weighted by Gasteiger charge is 2.04. The highest BCUT2D eigenvalue weighted by Crippen LogP contribution is 1.89. The zero-order valence-electron chi connectivity index (χ0n) is 6.37. The van der Waals surface area contributed by atoms with Crippen LogP contribution in [0.4, 0.5) is 0 Å². The van der Waals surface area contributed by atoms with Crippen LogP contribution in [0.2, 0.25) is 0 Å². The average molecular weight is 138 g/mol. The van der Waals surface area contributed by atoms with E-state index in [1.807, 2.05) is 24.4 Å². The van der Waals surface area contributed by atoms with Crippen LogP contribution in [0.3, 0.4) is 0 Å². The van der Waals surface area contributed by atoms with Crippen LogP contribution in [0, 0.1) is 0 Å². The number of hydrogen-bond acceptors (Lipinski definition) is 1. The van der Waals surface area contributed by atoms with Gasteiger partial charge in [-0.2, -0.15) is 0 Å². The van der Waals surface area contributed by atoms with Gasteiger partial charge in [-0.1, -0.05) is 6.92 Å². The summed E-state index contributed by atoms with van der Waals surface area (Å²) in [5.41, 5.74) is 1.19. The minimum Gasteiger partial charge on any atom is -0.274 e. The maximum absolute atomic E-state index is 5.05. The molecule has 0 N–H and O–H groups in total. The van der Waals surface area contributed by atoms with E-state index in [0.717, 1.165) is 6.42 Å². The van der Waals surface area contributed by atoms with E-state index in [2.05, 4.69) is 6.92 Å². The number of aryl methyl sites for hydroxylation is 1. The van der Waals surface area contributed by atoms with Crippen LogP contribution in [-0.2, 0) is 6.42 Å². The molecule has 0 unspecified atom stereocenters. The van der Waals surface area contributed by atoms with Crippen LogP contribution in [0.1, 0.15) is 12.6 Å². The Bertz CT molecular complexity index is 187. The van der Waals surface area contributed by atoms with Crippen LogP contribution >= 0.6 is 0 Å². The number of pyridine rings is 1. The lowest BCUT2D eigenvalue weighted by Crippen LogP contribution is -2.43. The predicted molar refractivity (Wildman–Crippen MR) is 38.5 cm³/mol. The molecule has 0 bridgehead atoms. The lowest BCUT2D eigenvalue weighted by Gasteiger charge is -1.94. The summed E-state index contributed by atoms with van der Waals surface area (Å²) in [6, 6.07) is 6.00. The van der Waals surface area contributed by atoms with Gasteiger partial charge in [0, 0.05) is 23.3 Å². The van der Waals surface area contributed by atoms with Crippen LogP contribution in [0.5, 0.6) is 0 Å². The van der Waals surface area contributed by atoms with E-state index in [9.17, 15) is 0 Å². The van der Waals surface area contributed by atoms with Gasteiger partial charge in [-0.3, -0.25) is 4.84 Å². The van der Waals surface area contributed by atoms with E-state index in [4.69, 9.17) is 4.84 Å². The van der Waals surface area contributed by atoms with Gasteiger partial charge >= 0.3 is 0 Å². The van der Waals surface area contributed by atoms with Gasteiger partial charge < -0.3 is 0 Å². The van der Waals surface area contributed by atoms with Gasteiger partial charge in [0.1, 0.15) is 7.11 Å². The molecule has 0 aliphatic carbocycles. The van der Waals surface area contributed by atoms with Crippen molar-refractivity contribution >= 4 is 0 Å². The smallest absolute Gasteiger partial charge is 0.234 e. The largest absolute Gasteiger partial charge is 0.274 e. The molecule has 0 aromatic carbocycles. The molecule has 0 fully saturated rings. The number of aromatic nitrogens is 1. The third-order valence-electron chi connectivity index (χ3n) is 1.46. The number of nitrogens with zero attached hydrogens (tertiary/aromatic N) is 1. The first kappa shape index (κ1) is 7.06. The monoisotopic (exact) mass is 138 g/mol. The first-order valence-corrected chi connectivity index (χ1v) is 3.42. The summed E-state index contributed by atoms with van der Waals surface area (Å²) in [6.45, 7) is 2.10. The summed E-state index contributed by atoms with van der Waals surface area (Å²) in [5, 5.41) is 0. The molecule has 1 aromatic rings. The molecule has 0 atom stereocenters. The van der Waals surface area contributed by atoms with Gasteiger partial charge in [0.25, 0.3) is 0 Å². The molecule has 1 rings (SSSR count). The Morgan fingerprint density at radius 1 is 1.50 bits per heavy atom. The van der Waals surface area contributed by atoms with Gasteiger partial charge in [-0.05, 0) is 6.07 Å². The molecule has 1 aromatic heterocycles. The molecule has 0 radical (unpaired) electrons. The molecule has 0 saturated heterocycles. The van der Waals surface area contributed by atoms with Crippen molar-refractivity contribution in [3.8, 4) is 0 Å². The fraction of sp³-hybridized carbons (Fsp3) is 0.375. The Labute approximate surface area is 61.0 Å². The van der Waals surface area contributed by atoms with Crippen LogP contribution in [0.25, 0.3) is 0 Å². The maximum atomic E-state index is 5.05. The second-order valence-electron chi connectivity index (χ2n) is 2.05. The van der Waals surface area contributed by atoms with Crippen molar-refractivity contribution in [3.05, 3.63) is 30.1 Å². The zero-order valence-corrected chi connectivity index (χ0v) is 6.37. The van der Waals surface area contributed by atoms with E-state index < -0.39 is 0 Å².